The van der Waals surface area contributed by atoms with Crippen LogP contribution in [0.4, 0.5) is 5.69 Å². The second-order valence-electron chi connectivity index (χ2n) is 4.69. The first kappa shape index (κ1) is 9.97. The minimum Gasteiger partial charge on any atom is -0.493 e. The summed E-state index contributed by atoms with van der Waals surface area (Å²) in [4.78, 5) is 2.46. The molecule has 1 unspecified atom stereocenters. The van der Waals surface area contributed by atoms with Gasteiger partial charge in [-0.1, -0.05) is 0 Å². The number of nitrogens with one attached hydrogen (secondary N) is 1. The molecular formula is C13H18N2O. The quantitative estimate of drug-likeness (QED) is 0.771. The Balaban J connectivity index is 1.83. The van der Waals surface area contributed by atoms with E-state index in [2.05, 4.69) is 35.3 Å². The van der Waals surface area contributed by atoms with Crippen molar-refractivity contribution < 1.29 is 4.74 Å². The zero-order valence-corrected chi connectivity index (χ0v) is 9.70. The van der Waals surface area contributed by atoms with E-state index in [0.29, 0.717) is 6.04 Å². The number of hydrogen-bond donors (Lipinski definition) is 1. The molecule has 16 heavy (non-hydrogen) atoms. The van der Waals surface area contributed by atoms with E-state index in [-0.39, 0.29) is 0 Å². The van der Waals surface area contributed by atoms with Gasteiger partial charge in [0.15, 0.2) is 0 Å². The third kappa shape index (κ3) is 1.76. The molecule has 3 nitrogen and oxygen atoms in total. The van der Waals surface area contributed by atoms with Crippen LogP contribution in [0.2, 0.25) is 0 Å². The highest BCUT2D eigenvalue weighted by molar-refractivity contribution is 5.54. The zero-order chi connectivity index (χ0) is 11.0. The van der Waals surface area contributed by atoms with Crippen LogP contribution in [-0.4, -0.2) is 32.3 Å². The molecular weight excluding hydrogens is 200 g/mol. The van der Waals surface area contributed by atoms with Crippen LogP contribution in [-0.2, 0) is 6.42 Å². The first-order valence-corrected chi connectivity index (χ1v) is 6.07. The summed E-state index contributed by atoms with van der Waals surface area (Å²) in [7, 11) is 0. The maximum absolute atomic E-state index is 5.53. The van der Waals surface area contributed by atoms with Gasteiger partial charge in [0.1, 0.15) is 5.75 Å². The van der Waals surface area contributed by atoms with Gasteiger partial charge in [-0.05, 0) is 30.7 Å². The van der Waals surface area contributed by atoms with E-state index in [1.54, 1.807) is 0 Å². The van der Waals surface area contributed by atoms with Gasteiger partial charge in [-0.15, -0.1) is 0 Å². The summed E-state index contributed by atoms with van der Waals surface area (Å²) < 4.78 is 5.53. The van der Waals surface area contributed by atoms with E-state index in [0.717, 1.165) is 38.4 Å². The van der Waals surface area contributed by atoms with Crippen molar-refractivity contribution in [1.29, 1.82) is 0 Å². The Bertz CT molecular complexity index is 392. The van der Waals surface area contributed by atoms with Crippen molar-refractivity contribution in [2.24, 2.45) is 0 Å². The Kier molecular flexibility index (Phi) is 2.48. The summed E-state index contributed by atoms with van der Waals surface area (Å²) in [5, 5.41) is 3.47. The molecule has 3 rings (SSSR count). The van der Waals surface area contributed by atoms with Crippen molar-refractivity contribution in [3.8, 4) is 5.75 Å². The number of piperazine rings is 1. The predicted molar refractivity (Wildman–Crippen MR) is 65.3 cm³/mol. The van der Waals surface area contributed by atoms with Crippen molar-refractivity contribution >= 4 is 5.69 Å². The molecule has 0 aromatic heterocycles. The summed E-state index contributed by atoms with van der Waals surface area (Å²) in [6.07, 6.45) is 1.06. The molecule has 0 amide bonds. The molecule has 2 heterocycles. The normalized spacial score (nSPS) is 24.1. The highest BCUT2D eigenvalue weighted by Crippen LogP contribution is 2.29. The number of benzene rings is 1. The molecule has 1 N–H and O–H groups in total. The minimum absolute atomic E-state index is 0.582. The van der Waals surface area contributed by atoms with E-state index in [1.165, 1.54) is 11.3 Å². The molecule has 1 atom stereocenters. The molecule has 2 aliphatic rings. The average Bonchev–Trinajstić information content (AvgIpc) is 2.75. The van der Waals surface area contributed by atoms with Crippen molar-refractivity contribution in [1.82, 2.24) is 5.32 Å². The Labute approximate surface area is 96.4 Å². The summed E-state index contributed by atoms with van der Waals surface area (Å²) in [6, 6.07) is 7.17. The van der Waals surface area contributed by atoms with Gasteiger partial charge in [-0.3, -0.25) is 0 Å². The fourth-order valence-electron chi connectivity index (χ4n) is 2.54. The summed E-state index contributed by atoms with van der Waals surface area (Å²) in [5.41, 5.74) is 2.71. The molecule has 2 aliphatic heterocycles. The highest BCUT2D eigenvalue weighted by atomic mass is 16.5. The summed E-state index contributed by atoms with van der Waals surface area (Å²) in [6.45, 7) is 6.36. The van der Waals surface area contributed by atoms with Gasteiger partial charge >= 0.3 is 0 Å². The van der Waals surface area contributed by atoms with E-state index in [4.69, 9.17) is 4.74 Å². The maximum Gasteiger partial charge on any atom is 0.122 e. The number of nitrogens with zero attached hydrogens (tertiary/aromatic N) is 1. The van der Waals surface area contributed by atoms with E-state index < -0.39 is 0 Å². The Morgan fingerprint density at radius 2 is 2.38 bits per heavy atom. The van der Waals surface area contributed by atoms with Crippen molar-refractivity contribution in [2.75, 3.05) is 31.1 Å². The first-order chi connectivity index (χ1) is 7.83. The van der Waals surface area contributed by atoms with Crippen molar-refractivity contribution in [3.05, 3.63) is 23.8 Å². The lowest BCUT2D eigenvalue weighted by atomic mass is 10.1. The van der Waals surface area contributed by atoms with Crippen LogP contribution in [0, 0.1) is 0 Å². The lowest BCUT2D eigenvalue weighted by Crippen LogP contribution is -2.49. The lowest BCUT2D eigenvalue weighted by Gasteiger charge is -2.33. The van der Waals surface area contributed by atoms with Gasteiger partial charge < -0.3 is 15.0 Å². The van der Waals surface area contributed by atoms with Crippen molar-refractivity contribution in [3.63, 3.8) is 0 Å². The monoisotopic (exact) mass is 218 g/mol. The van der Waals surface area contributed by atoms with Crippen molar-refractivity contribution in [2.45, 2.75) is 19.4 Å². The molecule has 1 aromatic carbocycles. The minimum atomic E-state index is 0.582. The fourth-order valence-corrected chi connectivity index (χ4v) is 2.54. The van der Waals surface area contributed by atoms with Crippen LogP contribution in [0.3, 0.4) is 0 Å². The molecule has 1 fully saturated rings. The fraction of sp³-hybridized carbons (Fsp3) is 0.538. The smallest absolute Gasteiger partial charge is 0.122 e. The third-order valence-corrected chi connectivity index (χ3v) is 3.41. The number of rotatable bonds is 1. The second kappa shape index (κ2) is 3.98. The number of ether oxygens (including phenoxy) is 1. The van der Waals surface area contributed by atoms with Gasteiger partial charge in [0.2, 0.25) is 0 Å². The summed E-state index contributed by atoms with van der Waals surface area (Å²) >= 11 is 0. The van der Waals surface area contributed by atoms with Crippen LogP contribution in [0.15, 0.2) is 18.2 Å². The Morgan fingerprint density at radius 1 is 1.44 bits per heavy atom. The van der Waals surface area contributed by atoms with Crippen LogP contribution >= 0.6 is 0 Å². The highest BCUT2D eigenvalue weighted by Gasteiger charge is 2.18. The Morgan fingerprint density at radius 3 is 3.25 bits per heavy atom. The standard InChI is InChI=1S/C13H18N2O/c1-10-9-15(6-5-14-10)12-2-3-13-11(8-12)4-7-16-13/h2-3,8,10,14H,4-7,9H2,1H3. The van der Waals surface area contributed by atoms with Gasteiger partial charge in [0.25, 0.3) is 0 Å². The van der Waals surface area contributed by atoms with Crippen LogP contribution in [0.25, 0.3) is 0 Å². The molecule has 0 radical (unpaired) electrons. The van der Waals surface area contributed by atoms with Gasteiger partial charge in [-0.25, -0.2) is 0 Å². The van der Waals surface area contributed by atoms with E-state index in [9.17, 15) is 0 Å². The van der Waals surface area contributed by atoms with Gasteiger partial charge in [0, 0.05) is 37.8 Å². The molecule has 0 aliphatic carbocycles. The molecule has 1 saturated heterocycles. The molecule has 0 bridgehead atoms. The lowest BCUT2D eigenvalue weighted by molar-refractivity contribution is 0.357. The number of hydrogen-bond acceptors (Lipinski definition) is 3. The maximum atomic E-state index is 5.53. The molecule has 3 heteroatoms. The average molecular weight is 218 g/mol. The largest absolute Gasteiger partial charge is 0.493 e. The van der Waals surface area contributed by atoms with Crippen LogP contribution < -0.4 is 15.0 Å². The van der Waals surface area contributed by atoms with E-state index in [1.807, 2.05) is 0 Å². The Hall–Kier alpha value is -1.22. The third-order valence-electron chi connectivity index (χ3n) is 3.41. The van der Waals surface area contributed by atoms with Gasteiger partial charge in [0.05, 0.1) is 6.61 Å². The number of fused-ring (bicyclic) bond motifs is 1. The van der Waals surface area contributed by atoms with Crippen LogP contribution in [0.1, 0.15) is 12.5 Å². The topological polar surface area (TPSA) is 24.5 Å². The zero-order valence-electron chi connectivity index (χ0n) is 9.70. The predicted octanol–water partition coefficient (Wildman–Crippen LogP) is 1.42. The molecule has 1 aromatic rings. The summed E-state index contributed by atoms with van der Waals surface area (Å²) in [5.74, 6) is 1.08. The van der Waals surface area contributed by atoms with Crippen LogP contribution in [0.5, 0.6) is 5.75 Å². The molecule has 0 saturated carbocycles. The van der Waals surface area contributed by atoms with E-state index >= 15 is 0 Å². The molecule has 0 spiro atoms. The van der Waals surface area contributed by atoms with Gasteiger partial charge in [-0.2, -0.15) is 0 Å². The number of anilines is 1. The SMILES string of the molecule is CC1CN(c2ccc3c(c2)CCO3)CCN1. The first-order valence-electron chi connectivity index (χ1n) is 6.07. The second-order valence-corrected chi connectivity index (χ2v) is 4.69. The molecule has 86 valence electrons.